The van der Waals surface area contributed by atoms with Crippen LogP contribution in [0, 0.1) is 0 Å². The van der Waals surface area contributed by atoms with E-state index in [-0.39, 0.29) is 5.41 Å². The molecule has 0 fully saturated rings. The average molecular weight is 242 g/mol. The summed E-state index contributed by atoms with van der Waals surface area (Å²) in [5.41, 5.74) is 2.83. The first kappa shape index (κ1) is 12.1. The standard InChI is InChI=1S/C16H18S/c1-11-10-15(17-12(11)2)13-6-8-14(9-7-13)16(3,4)5/h6-10H,1-2H2,3-5H3. The van der Waals surface area contributed by atoms with Crippen molar-refractivity contribution in [2.24, 2.45) is 0 Å². The van der Waals surface area contributed by atoms with Gasteiger partial charge in [-0.15, -0.1) is 11.3 Å². The Balaban J connectivity index is 2.42. The Kier molecular flexibility index (Phi) is 2.96. The average Bonchev–Trinajstić information content (AvgIpc) is 2.58. The van der Waals surface area contributed by atoms with Gasteiger partial charge in [0.15, 0.2) is 0 Å². The molecular formula is C16H18S. The van der Waals surface area contributed by atoms with Crippen molar-refractivity contribution in [3.8, 4) is 10.4 Å². The van der Waals surface area contributed by atoms with Gasteiger partial charge >= 0.3 is 0 Å². The van der Waals surface area contributed by atoms with E-state index < -0.39 is 0 Å². The van der Waals surface area contributed by atoms with Gasteiger partial charge in [0.25, 0.3) is 0 Å². The van der Waals surface area contributed by atoms with Crippen molar-refractivity contribution in [1.29, 1.82) is 0 Å². The van der Waals surface area contributed by atoms with Gasteiger partial charge in [0.05, 0.1) is 0 Å². The van der Waals surface area contributed by atoms with E-state index in [2.05, 4.69) is 64.3 Å². The molecule has 1 aromatic carbocycles. The Morgan fingerprint density at radius 3 is 2.00 bits per heavy atom. The maximum atomic E-state index is 3.98. The summed E-state index contributed by atoms with van der Waals surface area (Å²) in [4.78, 5) is 1.25. The van der Waals surface area contributed by atoms with E-state index in [1.54, 1.807) is 11.3 Å². The van der Waals surface area contributed by atoms with Crippen molar-refractivity contribution in [3.05, 3.63) is 45.6 Å². The third-order valence-electron chi connectivity index (χ3n) is 2.93. The molecule has 17 heavy (non-hydrogen) atoms. The van der Waals surface area contributed by atoms with E-state index >= 15 is 0 Å². The van der Waals surface area contributed by atoms with Crippen LogP contribution in [0.2, 0.25) is 0 Å². The normalized spacial score (nSPS) is 11.7. The molecule has 88 valence electrons. The van der Waals surface area contributed by atoms with Gasteiger partial charge in [-0.05, 0) is 27.8 Å². The van der Waals surface area contributed by atoms with Gasteiger partial charge in [0.2, 0.25) is 0 Å². The molecule has 2 aromatic rings. The zero-order valence-corrected chi connectivity index (χ0v) is 11.5. The number of hydrogen-bond acceptors (Lipinski definition) is 1. The van der Waals surface area contributed by atoms with Crippen molar-refractivity contribution in [3.63, 3.8) is 0 Å². The van der Waals surface area contributed by atoms with Crippen LogP contribution in [-0.2, 0) is 5.41 Å². The third-order valence-corrected chi connectivity index (χ3v) is 4.01. The molecule has 0 saturated heterocycles. The lowest BCUT2D eigenvalue weighted by molar-refractivity contribution is 0.590. The number of thiophene rings is 1. The Hall–Kier alpha value is -1.34. The summed E-state index contributed by atoms with van der Waals surface area (Å²) < 4.78 is 1.06. The van der Waals surface area contributed by atoms with Gasteiger partial charge in [0.1, 0.15) is 0 Å². The zero-order chi connectivity index (χ0) is 12.6. The van der Waals surface area contributed by atoms with Crippen LogP contribution < -0.4 is 9.75 Å². The summed E-state index contributed by atoms with van der Waals surface area (Å²) in [7, 11) is 0. The summed E-state index contributed by atoms with van der Waals surface area (Å²) in [5.74, 6) is 0. The van der Waals surface area contributed by atoms with Gasteiger partial charge in [-0.1, -0.05) is 58.2 Å². The maximum absolute atomic E-state index is 3.98. The SMILES string of the molecule is C=c1cc(-c2ccc(C(C)(C)C)cc2)sc1=C. The van der Waals surface area contributed by atoms with E-state index in [1.165, 1.54) is 16.0 Å². The lowest BCUT2D eigenvalue weighted by Crippen LogP contribution is -2.11. The van der Waals surface area contributed by atoms with Crippen LogP contribution >= 0.6 is 11.3 Å². The third kappa shape index (κ3) is 2.50. The highest BCUT2D eigenvalue weighted by Crippen LogP contribution is 2.26. The van der Waals surface area contributed by atoms with E-state index in [0.29, 0.717) is 0 Å². The van der Waals surface area contributed by atoms with E-state index in [4.69, 9.17) is 0 Å². The lowest BCUT2D eigenvalue weighted by Gasteiger charge is -2.18. The molecule has 0 atom stereocenters. The van der Waals surface area contributed by atoms with Crippen molar-refractivity contribution in [2.45, 2.75) is 26.2 Å². The molecule has 2 rings (SSSR count). The van der Waals surface area contributed by atoms with Crippen molar-refractivity contribution >= 4 is 24.5 Å². The van der Waals surface area contributed by atoms with Crippen LogP contribution in [0.3, 0.4) is 0 Å². The van der Waals surface area contributed by atoms with Crippen molar-refractivity contribution in [2.75, 3.05) is 0 Å². The summed E-state index contributed by atoms with van der Waals surface area (Å²) in [6.45, 7) is 14.6. The molecule has 1 heteroatoms. The van der Waals surface area contributed by atoms with Crippen molar-refractivity contribution in [1.82, 2.24) is 0 Å². The Bertz CT molecular complexity index is 582. The fourth-order valence-electron chi connectivity index (χ4n) is 1.74. The second-order valence-electron chi connectivity index (χ2n) is 5.39. The molecule has 0 aliphatic carbocycles. The van der Waals surface area contributed by atoms with Crippen LogP contribution in [-0.4, -0.2) is 0 Å². The number of rotatable bonds is 1. The predicted molar refractivity (Wildman–Crippen MR) is 78.7 cm³/mol. The molecule has 0 radical (unpaired) electrons. The zero-order valence-electron chi connectivity index (χ0n) is 10.7. The maximum Gasteiger partial charge on any atom is 0.0354 e. The molecule has 0 spiro atoms. The second kappa shape index (κ2) is 4.15. The topological polar surface area (TPSA) is 0 Å². The summed E-state index contributed by atoms with van der Waals surface area (Å²) in [6, 6.07) is 10.9. The van der Waals surface area contributed by atoms with E-state index in [0.717, 1.165) is 9.75 Å². The summed E-state index contributed by atoms with van der Waals surface area (Å²) >= 11 is 1.71. The minimum absolute atomic E-state index is 0.211. The van der Waals surface area contributed by atoms with E-state index in [9.17, 15) is 0 Å². The van der Waals surface area contributed by atoms with Crippen LogP contribution in [0.5, 0.6) is 0 Å². The highest BCUT2D eigenvalue weighted by molar-refractivity contribution is 7.13. The largest absolute Gasteiger partial charge is 0.136 e. The molecule has 0 saturated carbocycles. The Morgan fingerprint density at radius 1 is 1.00 bits per heavy atom. The molecule has 1 heterocycles. The first-order valence-electron chi connectivity index (χ1n) is 5.76. The minimum atomic E-state index is 0.211. The fraction of sp³-hybridized carbons (Fsp3) is 0.250. The van der Waals surface area contributed by atoms with Gasteiger partial charge in [-0.25, -0.2) is 0 Å². The Morgan fingerprint density at radius 2 is 1.59 bits per heavy atom. The quantitative estimate of drug-likeness (QED) is 0.717. The van der Waals surface area contributed by atoms with Gasteiger partial charge in [0, 0.05) is 9.41 Å². The second-order valence-corrected chi connectivity index (χ2v) is 6.52. The fourth-order valence-corrected chi connectivity index (χ4v) is 2.65. The molecule has 0 nitrogen and oxygen atoms in total. The van der Waals surface area contributed by atoms with Gasteiger partial charge in [-0.2, -0.15) is 0 Å². The number of hydrogen-bond donors (Lipinski definition) is 0. The monoisotopic (exact) mass is 242 g/mol. The summed E-state index contributed by atoms with van der Waals surface area (Å²) in [5, 5.41) is 1.03. The number of benzene rings is 1. The molecule has 1 aromatic heterocycles. The highest BCUT2D eigenvalue weighted by Gasteiger charge is 2.13. The molecular weight excluding hydrogens is 224 g/mol. The Labute approximate surface area is 107 Å². The van der Waals surface area contributed by atoms with Gasteiger partial charge in [-0.3, -0.25) is 0 Å². The van der Waals surface area contributed by atoms with Crippen LogP contribution in [0.15, 0.2) is 30.3 Å². The highest BCUT2D eigenvalue weighted by atomic mass is 32.1. The molecule has 0 aliphatic heterocycles. The van der Waals surface area contributed by atoms with Crippen LogP contribution in [0.25, 0.3) is 23.6 Å². The molecule has 0 aliphatic rings. The van der Waals surface area contributed by atoms with Crippen molar-refractivity contribution < 1.29 is 0 Å². The molecule has 0 unspecified atom stereocenters. The first-order valence-corrected chi connectivity index (χ1v) is 6.58. The summed E-state index contributed by atoms with van der Waals surface area (Å²) in [6.07, 6.45) is 0. The molecule has 0 N–H and O–H groups in total. The lowest BCUT2D eigenvalue weighted by atomic mass is 9.86. The minimum Gasteiger partial charge on any atom is -0.136 e. The van der Waals surface area contributed by atoms with E-state index in [1.807, 2.05) is 0 Å². The smallest absolute Gasteiger partial charge is 0.0354 e. The predicted octanol–water partition coefficient (Wildman–Crippen LogP) is 3.53. The van der Waals surface area contributed by atoms with Crippen LogP contribution in [0.1, 0.15) is 26.3 Å². The molecule has 0 amide bonds. The molecule has 0 bridgehead atoms. The van der Waals surface area contributed by atoms with Crippen LogP contribution in [0.4, 0.5) is 0 Å². The van der Waals surface area contributed by atoms with Gasteiger partial charge < -0.3 is 0 Å². The first-order chi connectivity index (χ1) is 7.88.